The SMILES string of the molecule is CCc1cc(-n2cnc3c(C)ncnc32)ccc1NC(C)=O. The number of nitrogens with zero attached hydrogens (tertiary/aromatic N) is 4. The molecule has 6 heteroatoms. The van der Waals surface area contributed by atoms with Crippen LogP contribution in [-0.4, -0.2) is 25.4 Å². The van der Waals surface area contributed by atoms with Crippen molar-refractivity contribution < 1.29 is 4.79 Å². The minimum atomic E-state index is -0.0705. The second kappa shape index (κ2) is 5.55. The van der Waals surface area contributed by atoms with E-state index in [2.05, 4.69) is 27.2 Å². The second-order valence-electron chi connectivity index (χ2n) is 5.12. The molecule has 0 saturated carbocycles. The lowest BCUT2D eigenvalue weighted by molar-refractivity contribution is -0.114. The first-order valence-corrected chi connectivity index (χ1v) is 7.15. The largest absolute Gasteiger partial charge is 0.326 e. The molecule has 1 N–H and O–H groups in total. The van der Waals surface area contributed by atoms with Crippen LogP contribution in [0.3, 0.4) is 0 Å². The highest BCUT2D eigenvalue weighted by Gasteiger charge is 2.10. The van der Waals surface area contributed by atoms with E-state index in [4.69, 9.17) is 0 Å². The molecule has 3 aromatic rings. The van der Waals surface area contributed by atoms with Crippen LogP contribution in [0.5, 0.6) is 0 Å². The summed E-state index contributed by atoms with van der Waals surface area (Å²) >= 11 is 0. The fourth-order valence-corrected chi connectivity index (χ4v) is 2.47. The lowest BCUT2D eigenvalue weighted by Crippen LogP contribution is -2.08. The van der Waals surface area contributed by atoms with Gasteiger partial charge in [-0.05, 0) is 37.1 Å². The number of hydrogen-bond acceptors (Lipinski definition) is 4. The van der Waals surface area contributed by atoms with Crippen LogP contribution >= 0.6 is 0 Å². The molecular weight excluding hydrogens is 278 g/mol. The normalized spacial score (nSPS) is 10.9. The summed E-state index contributed by atoms with van der Waals surface area (Å²) in [4.78, 5) is 24.1. The van der Waals surface area contributed by atoms with Crippen molar-refractivity contribution >= 4 is 22.8 Å². The van der Waals surface area contributed by atoms with Gasteiger partial charge in [-0.15, -0.1) is 0 Å². The maximum atomic E-state index is 11.3. The molecule has 0 radical (unpaired) electrons. The van der Waals surface area contributed by atoms with E-state index < -0.39 is 0 Å². The van der Waals surface area contributed by atoms with Gasteiger partial charge in [0, 0.05) is 18.3 Å². The van der Waals surface area contributed by atoms with E-state index in [1.165, 1.54) is 6.92 Å². The number of hydrogen-bond donors (Lipinski definition) is 1. The van der Waals surface area contributed by atoms with Gasteiger partial charge in [-0.25, -0.2) is 15.0 Å². The zero-order valence-corrected chi connectivity index (χ0v) is 12.8. The third kappa shape index (κ3) is 2.43. The van der Waals surface area contributed by atoms with Gasteiger partial charge < -0.3 is 5.32 Å². The molecule has 22 heavy (non-hydrogen) atoms. The summed E-state index contributed by atoms with van der Waals surface area (Å²) in [7, 11) is 0. The Morgan fingerprint density at radius 2 is 2.09 bits per heavy atom. The lowest BCUT2D eigenvalue weighted by atomic mass is 10.1. The molecule has 2 aromatic heterocycles. The molecular formula is C16H17N5O. The highest BCUT2D eigenvalue weighted by atomic mass is 16.1. The number of fused-ring (bicyclic) bond motifs is 1. The van der Waals surface area contributed by atoms with Gasteiger partial charge in [0.05, 0.1) is 5.69 Å². The van der Waals surface area contributed by atoms with Crippen molar-refractivity contribution in [1.29, 1.82) is 0 Å². The van der Waals surface area contributed by atoms with Crippen LogP contribution in [0.1, 0.15) is 25.1 Å². The lowest BCUT2D eigenvalue weighted by Gasteiger charge is -2.11. The smallest absolute Gasteiger partial charge is 0.221 e. The molecule has 0 saturated heterocycles. The number of aryl methyl sites for hydroxylation is 2. The van der Waals surface area contributed by atoms with Crippen LogP contribution in [0.2, 0.25) is 0 Å². The van der Waals surface area contributed by atoms with Crippen LogP contribution in [-0.2, 0) is 11.2 Å². The predicted octanol–water partition coefficient (Wildman–Crippen LogP) is 2.64. The van der Waals surface area contributed by atoms with Gasteiger partial charge in [0.2, 0.25) is 5.91 Å². The third-order valence-electron chi connectivity index (χ3n) is 3.58. The second-order valence-corrected chi connectivity index (χ2v) is 5.12. The molecule has 6 nitrogen and oxygen atoms in total. The van der Waals surface area contributed by atoms with Gasteiger partial charge in [0.1, 0.15) is 18.2 Å². The molecule has 0 unspecified atom stereocenters. The molecule has 1 aromatic carbocycles. The summed E-state index contributed by atoms with van der Waals surface area (Å²) in [6.07, 6.45) is 4.12. The van der Waals surface area contributed by atoms with E-state index in [0.29, 0.717) is 0 Å². The van der Waals surface area contributed by atoms with Crippen LogP contribution in [0.25, 0.3) is 16.9 Å². The maximum Gasteiger partial charge on any atom is 0.221 e. The minimum absolute atomic E-state index is 0.0705. The first kappa shape index (κ1) is 14.2. The first-order chi connectivity index (χ1) is 10.6. The number of carbonyl (C=O) groups excluding carboxylic acids is 1. The Morgan fingerprint density at radius 1 is 1.27 bits per heavy atom. The quantitative estimate of drug-likeness (QED) is 0.806. The van der Waals surface area contributed by atoms with Crippen molar-refractivity contribution in [1.82, 2.24) is 19.5 Å². The average Bonchev–Trinajstić information content (AvgIpc) is 2.92. The van der Waals surface area contributed by atoms with E-state index >= 15 is 0 Å². The van der Waals surface area contributed by atoms with Crippen molar-refractivity contribution in [3.05, 3.63) is 42.1 Å². The zero-order valence-electron chi connectivity index (χ0n) is 12.8. The van der Waals surface area contributed by atoms with Gasteiger partial charge in [-0.3, -0.25) is 9.36 Å². The van der Waals surface area contributed by atoms with Crippen molar-refractivity contribution in [2.24, 2.45) is 0 Å². The average molecular weight is 295 g/mol. The molecule has 0 fully saturated rings. The van der Waals surface area contributed by atoms with Gasteiger partial charge in [-0.1, -0.05) is 6.92 Å². The van der Waals surface area contributed by atoms with E-state index in [9.17, 15) is 4.79 Å². The summed E-state index contributed by atoms with van der Waals surface area (Å²) in [5.74, 6) is -0.0705. The Bertz CT molecular complexity index is 853. The predicted molar refractivity (Wildman–Crippen MR) is 85.1 cm³/mol. The van der Waals surface area contributed by atoms with Crippen molar-refractivity contribution in [2.75, 3.05) is 5.32 Å². The third-order valence-corrected chi connectivity index (χ3v) is 3.58. The van der Waals surface area contributed by atoms with E-state index in [1.54, 1.807) is 12.7 Å². The van der Waals surface area contributed by atoms with Crippen LogP contribution in [0.4, 0.5) is 5.69 Å². The molecule has 0 aliphatic heterocycles. The fourth-order valence-electron chi connectivity index (χ4n) is 2.47. The van der Waals surface area contributed by atoms with E-state index in [0.717, 1.165) is 40.2 Å². The number of nitrogens with one attached hydrogen (secondary N) is 1. The molecule has 0 aliphatic rings. The number of anilines is 1. The fraction of sp³-hybridized carbons (Fsp3) is 0.250. The van der Waals surface area contributed by atoms with Gasteiger partial charge in [-0.2, -0.15) is 0 Å². The van der Waals surface area contributed by atoms with E-state index in [1.807, 2.05) is 29.7 Å². The number of imidazole rings is 1. The number of carbonyl (C=O) groups is 1. The first-order valence-electron chi connectivity index (χ1n) is 7.15. The standard InChI is InChI=1S/C16H17N5O/c1-4-12-7-13(5-6-14(12)20-11(3)22)21-9-19-15-10(2)17-8-18-16(15)21/h5-9H,4H2,1-3H3,(H,20,22). The van der Waals surface area contributed by atoms with Crippen LogP contribution < -0.4 is 5.32 Å². The monoisotopic (exact) mass is 295 g/mol. The highest BCUT2D eigenvalue weighted by Crippen LogP contribution is 2.23. The molecule has 0 bridgehead atoms. The summed E-state index contributed by atoms with van der Waals surface area (Å²) < 4.78 is 1.93. The Kier molecular flexibility index (Phi) is 3.58. The summed E-state index contributed by atoms with van der Waals surface area (Å²) in [6.45, 7) is 5.48. The van der Waals surface area contributed by atoms with Crippen molar-refractivity contribution in [3.8, 4) is 5.69 Å². The molecule has 3 rings (SSSR count). The van der Waals surface area contributed by atoms with Gasteiger partial charge in [0.15, 0.2) is 5.65 Å². The molecule has 0 spiro atoms. The summed E-state index contributed by atoms with van der Waals surface area (Å²) in [6, 6.07) is 5.91. The van der Waals surface area contributed by atoms with Crippen LogP contribution in [0.15, 0.2) is 30.9 Å². The molecule has 0 atom stereocenters. The number of aromatic nitrogens is 4. The number of benzene rings is 1. The van der Waals surface area contributed by atoms with E-state index in [-0.39, 0.29) is 5.91 Å². The van der Waals surface area contributed by atoms with Gasteiger partial charge in [0.25, 0.3) is 0 Å². The molecule has 2 heterocycles. The maximum absolute atomic E-state index is 11.3. The van der Waals surface area contributed by atoms with Gasteiger partial charge >= 0.3 is 0 Å². The number of rotatable bonds is 3. The molecule has 1 amide bonds. The highest BCUT2D eigenvalue weighted by molar-refractivity contribution is 5.89. The minimum Gasteiger partial charge on any atom is -0.326 e. The molecule has 0 aliphatic carbocycles. The Hall–Kier alpha value is -2.76. The topological polar surface area (TPSA) is 72.7 Å². The summed E-state index contributed by atoms with van der Waals surface area (Å²) in [5, 5.41) is 2.85. The zero-order chi connectivity index (χ0) is 15.7. The number of amides is 1. The Labute approximate surface area is 128 Å². The Morgan fingerprint density at radius 3 is 2.82 bits per heavy atom. The van der Waals surface area contributed by atoms with Crippen molar-refractivity contribution in [2.45, 2.75) is 27.2 Å². The van der Waals surface area contributed by atoms with Crippen molar-refractivity contribution in [3.63, 3.8) is 0 Å². The summed E-state index contributed by atoms with van der Waals surface area (Å²) in [5.41, 5.74) is 5.31. The molecule has 112 valence electrons. The van der Waals surface area contributed by atoms with Crippen LogP contribution in [0, 0.1) is 6.92 Å². The Balaban J connectivity index is 2.11.